The summed E-state index contributed by atoms with van der Waals surface area (Å²) in [5.74, 6) is 0.996. The third-order valence-electron chi connectivity index (χ3n) is 3.82. The van der Waals surface area contributed by atoms with Gasteiger partial charge in [-0.05, 0) is 64.8 Å². The van der Waals surface area contributed by atoms with Crippen molar-refractivity contribution >= 4 is 0 Å². The average Bonchev–Trinajstić information content (AvgIpc) is 2.77. The van der Waals surface area contributed by atoms with Crippen LogP contribution in [0, 0.1) is 6.92 Å². The lowest BCUT2D eigenvalue weighted by Gasteiger charge is -2.20. The van der Waals surface area contributed by atoms with Crippen LogP contribution < -0.4 is 4.74 Å². The van der Waals surface area contributed by atoms with E-state index in [9.17, 15) is 0 Å². The first kappa shape index (κ1) is 13.4. The maximum absolute atomic E-state index is 5.73. The number of rotatable bonds is 6. The maximum atomic E-state index is 5.73. The zero-order chi connectivity index (χ0) is 12.8. The minimum Gasteiger partial charge on any atom is -0.494 e. The smallest absolute Gasteiger partial charge is 0.119 e. The number of likely N-dealkylation sites (tertiary alicyclic amines) is 1. The van der Waals surface area contributed by atoms with Gasteiger partial charge in [0.15, 0.2) is 0 Å². The zero-order valence-corrected chi connectivity index (χ0v) is 11.7. The molecule has 2 heteroatoms. The van der Waals surface area contributed by atoms with Crippen molar-refractivity contribution in [2.45, 2.75) is 45.6 Å². The highest BCUT2D eigenvalue weighted by Crippen LogP contribution is 2.17. The van der Waals surface area contributed by atoms with Crippen LogP contribution in [0.1, 0.15) is 38.2 Å². The van der Waals surface area contributed by atoms with E-state index in [0.29, 0.717) is 0 Å². The lowest BCUT2D eigenvalue weighted by molar-refractivity contribution is 0.245. The summed E-state index contributed by atoms with van der Waals surface area (Å²) < 4.78 is 5.73. The molecule has 1 aromatic rings. The van der Waals surface area contributed by atoms with Crippen LogP contribution in [-0.2, 0) is 0 Å². The van der Waals surface area contributed by atoms with Crippen LogP contribution in [0.2, 0.25) is 0 Å². The first-order valence-electron chi connectivity index (χ1n) is 7.19. The van der Waals surface area contributed by atoms with Crippen molar-refractivity contribution in [3.8, 4) is 5.75 Å². The fourth-order valence-electron chi connectivity index (χ4n) is 2.57. The number of nitrogens with zero attached hydrogens (tertiary/aromatic N) is 1. The standard InChI is InChI=1S/C16H25NO/c1-14-7-9-16(10-8-14)18-13-4-3-11-17-12-5-6-15(17)2/h7-10,15H,3-6,11-13H2,1-2H3/t15-/m1/s1. The van der Waals surface area contributed by atoms with Gasteiger partial charge in [0, 0.05) is 6.04 Å². The summed E-state index contributed by atoms with van der Waals surface area (Å²) in [5, 5.41) is 0. The van der Waals surface area contributed by atoms with E-state index < -0.39 is 0 Å². The molecule has 1 atom stereocenters. The number of hydrogen-bond acceptors (Lipinski definition) is 2. The highest BCUT2D eigenvalue weighted by Gasteiger charge is 2.18. The van der Waals surface area contributed by atoms with Crippen LogP contribution in [0.25, 0.3) is 0 Å². The van der Waals surface area contributed by atoms with Crippen molar-refractivity contribution in [1.82, 2.24) is 4.90 Å². The Hall–Kier alpha value is -1.02. The summed E-state index contributed by atoms with van der Waals surface area (Å²) in [6.07, 6.45) is 5.15. The van der Waals surface area contributed by atoms with Crippen molar-refractivity contribution in [3.05, 3.63) is 29.8 Å². The number of aryl methyl sites for hydroxylation is 1. The minimum atomic E-state index is 0.794. The van der Waals surface area contributed by atoms with E-state index in [1.807, 2.05) is 0 Å². The molecule has 0 aliphatic carbocycles. The predicted molar refractivity (Wildman–Crippen MR) is 76.2 cm³/mol. The third kappa shape index (κ3) is 4.02. The van der Waals surface area contributed by atoms with Gasteiger partial charge in [0.2, 0.25) is 0 Å². The molecule has 0 spiro atoms. The first-order valence-corrected chi connectivity index (χ1v) is 7.19. The van der Waals surface area contributed by atoms with Crippen molar-refractivity contribution in [3.63, 3.8) is 0 Å². The predicted octanol–water partition coefficient (Wildman–Crippen LogP) is 3.64. The Labute approximate surface area is 111 Å². The normalized spacial score (nSPS) is 20.2. The summed E-state index contributed by atoms with van der Waals surface area (Å²) >= 11 is 0. The molecule has 18 heavy (non-hydrogen) atoms. The Kier molecular flexibility index (Phi) is 5.06. The third-order valence-corrected chi connectivity index (χ3v) is 3.82. The fraction of sp³-hybridized carbons (Fsp3) is 0.625. The van der Waals surface area contributed by atoms with Crippen LogP contribution in [0.5, 0.6) is 5.75 Å². The summed E-state index contributed by atoms with van der Waals surface area (Å²) in [6, 6.07) is 9.10. The Bertz CT molecular complexity index is 347. The number of hydrogen-bond donors (Lipinski definition) is 0. The summed E-state index contributed by atoms with van der Waals surface area (Å²) in [4.78, 5) is 2.60. The zero-order valence-electron chi connectivity index (χ0n) is 11.7. The molecule has 1 aliphatic rings. The Morgan fingerprint density at radius 1 is 1.22 bits per heavy atom. The van der Waals surface area contributed by atoms with Gasteiger partial charge < -0.3 is 9.64 Å². The average molecular weight is 247 g/mol. The molecule has 0 saturated carbocycles. The highest BCUT2D eigenvalue weighted by atomic mass is 16.5. The molecule has 0 bridgehead atoms. The van der Waals surface area contributed by atoms with Crippen LogP contribution >= 0.6 is 0 Å². The van der Waals surface area contributed by atoms with Crippen molar-refractivity contribution in [1.29, 1.82) is 0 Å². The van der Waals surface area contributed by atoms with Crippen LogP contribution in [0.3, 0.4) is 0 Å². The maximum Gasteiger partial charge on any atom is 0.119 e. The van der Waals surface area contributed by atoms with Gasteiger partial charge in [0.1, 0.15) is 5.75 Å². The SMILES string of the molecule is Cc1ccc(OCCCCN2CCC[C@H]2C)cc1. The fourth-order valence-corrected chi connectivity index (χ4v) is 2.57. The lowest BCUT2D eigenvalue weighted by atomic mass is 10.2. The topological polar surface area (TPSA) is 12.5 Å². The molecule has 0 radical (unpaired) electrons. The van der Waals surface area contributed by atoms with Gasteiger partial charge in [-0.2, -0.15) is 0 Å². The van der Waals surface area contributed by atoms with Crippen molar-refractivity contribution in [2.75, 3.05) is 19.7 Å². The van der Waals surface area contributed by atoms with E-state index in [-0.39, 0.29) is 0 Å². The molecule has 2 nitrogen and oxygen atoms in total. The molecule has 0 unspecified atom stereocenters. The van der Waals surface area contributed by atoms with Crippen LogP contribution in [0.4, 0.5) is 0 Å². The Balaban J connectivity index is 1.57. The van der Waals surface area contributed by atoms with Gasteiger partial charge in [0.05, 0.1) is 6.61 Å². The molecule has 1 saturated heterocycles. The molecule has 100 valence electrons. The number of benzene rings is 1. The quantitative estimate of drug-likeness (QED) is 0.712. The highest BCUT2D eigenvalue weighted by molar-refractivity contribution is 5.26. The van der Waals surface area contributed by atoms with E-state index in [4.69, 9.17) is 4.74 Å². The van der Waals surface area contributed by atoms with Crippen LogP contribution in [-0.4, -0.2) is 30.6 Å². The molecular weight excluding hydrogens is 222 g/mol. The van der Waals surface area contributed by atoms with E-state index in [1.54, 1.807) is 0 Å². The molecule has 2 rings (SSSR count). The van der Waals surface area contributed by atoms with E-state index in [1.165, 1.54) is 37.9 Å². The molecular formula is C16H25NO. The van der Waals surface area contributed by atoms with Gasteiger partial charge >= 0.3 is 0 Å². The number of ether oxygens (including phenoxy) is 1. The van der Waals surface area contributed by atoms with Gasteiger partial charge in [-0.1, -0.05) is 17.7 Å². The molecule has 1 fully saturated rings. The monoisotopic (exact) mass is 247 g/mol. The van der Waals surface area contributed by atoms with Gasteiger partial charge in [-0.3, -0.25) is 0 Å². The lowest BCUT2D eigenvalue weighted by Crippen LogP contribution is -2.28. The second-order valence-electron chi connectivity index (χ2n) is 5.40. The summed E-state index contributed by atoms with van der Waals surface area (Å²) in [6.45, 7) is 7.81. The summed E-state index contributed by atoms with van der Waals surface area (Å²) in [5.41, 5.74) is 1.28. The van der Waals surface area contributed by atoms with Crippen molar-refractivity contribution in [2.24, 2.45) is 0 Å². The Morgan fingerprint density at radius 3 is 2.67 bits per heavy atom. The first-order chi connectivity index (χ1) is 8.75. The molecule has 0 N–H and O–H groups in total. The molecule has 1 aromatic carbocycles. The minimum absolute atomic E-state index is 0.794. The number of unbranched alkanes of at least 4 members (excludes halogenated alkanes) is 1. The summed E-state index contributed by atoms with van der Waals surface area (Å²) in [7, 11) is 0. The largest absolute Gasteiger partial charge is 0.494 e. The van der Waals surface area contributed by atoms with Gasteiger partial charge in [-0.15, -0.1) is 0 Å². The molecule has 0 amide bonds. The molecule has 0 aromatic heterocycles. The second-order valence-corrected chi connectivity index (χ2v) is 5.40. The van der Waals surface area contributed by atoms with Crippen LogP contribution in [0.15, 0.2) is 24.3 Å². The molecule has 1 heterocycles. The van der Waals surface area contributed by atoms with E-state index in [0.717, 1.165) is 24.8 Å². The van der Waals surface area contributed by atoms with Crippen molar-refractivity contribution < 1.29 is 4.74 Å². The van der Waals surface area contributed by atoms with Gasteiger partial charge in [-0.25, -0.2) is 0 Å². The molecule has 1 aliphatic heterocycles. The van der Waals surface area contributed by atoms with Gasteiger partial charge in [0.25, 0.3) is 0 Å². The van der Waals surface area contributed by atoms with E-state index >= 15 is 0 Å². The Morgan fingerprint density at radius 2 is 2.00 bits per heavy atom. The second kappa shape index (κ2) is 6.79. The van der Waals surface area contributed by atoms with E-state index in [2.05, 4.69) is 43.0 Å².